The van der Waals surface area contributed by atoms with Crippen molar-refractivity contribution in [2.45, 2.75) is 57.9 Å². The van der Waals surface area contributed by atoms with Crippen LogP contribution in [0.25, 0.3) is 10.9 Å². The molecular formula is C22H32N4O. The van der Waals surface area contributed by atoms with Crippen LogP contribution in [0.15, 0.2) is 24.4 Å². The van der Waals surface area contributed by atoms with E-state index in [-0.39, 0.29) is 5.91 Å². The smallest absolute Gasteiger partial charge is 0.226 e. The average molecular weight is 369 g/mol. The van der Waals surface area contributed by atoms with Crippen LogP contribution < -0.4 is 0 Å². The van der Waals surface area contributed by atoms with Crippen molar-refractivity contribution in [1.29, 1.82) is 0 Å². The number of carbonyl (C=O) groups is 1. The van der Waals surface area contributed by atoms with E-state index in [2.05, 4.69) is 33.0 Å². The van der Waals surface area contributed by atoms with Crippen LogP contribution in [0.4, 0.5) is 0 Å². The summed E-state index contributed by atoms with van der Waals surface area (Å²) in [4.78, 5) is 17.4. The number of fused-ring (bicyclic) bond motifs is 1. The van der Waals surface area contributed by atoms with E-state index in [1.165, 1.54) is 38.8 Å². The van der Waals surface area contributed by atoms with Crippen LogP contribution in [0, 0.1) is 5.92 Å². The second-order valence-electron chi connectivity index (χ2n) is 8.46. The summed E-state index contributed by atoms with van der Waals surface area (Å²) >= 11 is 0. The summed E-state index contributed by atoms with van der Waals surface area (Å²) in [6.45, 7) is 6.74. The lowest BCUT2D eigenvalue weighted by Gasteiger charge is -2.36. The number of H-pyrrole nitrogens is 1. The molecule has 2 fully saturated rings. The van der Waals surface area contributed by atoms with Crippen molar-refractivity contribution < 1.29 is 4.79 Å². The van der Waals surface area contributed by atoms with Gasteiger partial charge in [-0.05, 0) is 75.7 Å². The van der Waals surface area contributed by atoms with Crippen molar-refractivity contribution in [3.05, 3.63) is 30.0 Å². The number of likely N-dealkylation sites (tertiary alicyclic amines) is 2. The second-order valence-corrected chi connectivity index (χ2v) is 8.46. The van der Waals surface area contributed by atoms with Crippen LogP contribution in [-0.2, 0) is 11.2 Å². The maximum Gasteiger partial charge on any atom is 0.226 e. The number of carbonyl (C=O) groups excluding carboxylic acids is 1. The molecule has 1 unspecified atom stereocenters. The molecule has 5 heteroatoms. The molecule has 0 spiro atoms. The molecule has 5 nitrogen and oxygen atoms in total. The van der Waals surface area contributed by atoms with Crippen molar-refractivity contribution in [2.24, 2.45) is 5.92 Å². The Morgan fingerprint density at radius 1 is 1.19 bits per heavy atom. The standard InChI is InChI=1S/C22H32N4O/c1-17-4-2-3-10-25(17)11-7-18-8-12-26(13-9-18)22(27)15-19-5-6-21-20(14-19)16-23-24-21/h5-6,14,16-18H,2-4,7-13,15H2,1H3,(H,23,24). The zero-order chi connectivity index (χ0) is 18.6. The van der Waals surface area contributed by atoms with Gasteiger partial charge in [0.2, 0.25) is 5.91 Å². The van der Waals surface area contributed by atoms with E-state index in [4.69, 9.17) is 0 Å². The number of amides is 1. The summed E-state index contributed by atoms with van der Waals surface area (Å²) in [6.07, 6.45) is 10.0. The number of aromatic amines is 1. The lowest BCUT2D eigenvalue weighted by molar-refractivity contribution is -0.131. The SMILES string of the molecule is CC1CCCCN1CCC1CCN(C(=O)Cc2ccc3[nH]ncc3c2)CC1. The molecule has 1 atom stereocenters. The zero-order valence-corrected chi connectivity index (χ0v) is 16.5. The van der Waals surface area contributed by atoms with E-state index in [9.17, 15) is 4.79 Å². The van der Waals surface area contributed by atoms with Crippen molar-refractivity contribution in [3.8, 4) is 0 Å². The molecule has 1 amide bonds. The molecule has 2 aliphatic heterocycles. The Morgan fingerprint density at radius 3 is 2.85 bits per heavy atom. The van der Waals surface area contributed by atoms with E-state index >= 15 is 0 Å². The number of nitrogens with zero attached hydrogens (tertiary/aromatic N) is 3. The summed E-state index contributed by atoms with van der Waals surface area (Å²) in [6, 6.07) is 6.88. The number of rotatable bonds is 5. The summed E-state index contributed by atoms with van der Waals surface area (Å²) in [5.74, 6) is 1.05. The zero-order valence-electron chi connectivity index (χ0n) is 16.5. The molecule has 146 valence electrons. The van der Waals surface area contributed by atoms with Gasteiger partial charge in [-0.3, -0.25) is 9.89 Å². The highest BCUT2D eigenvalue weighted by Crippen LogP contribution is 2.24. The fourth-order valence-electron chi connectivity index (χ4n) is 4.70. The molecule has 0 bridgehead atoms. The van der Waals surface area contributed by atoms with Crippen LogP contribution in [0.1, 0.15) is 51.0 Å². The van der Waals surface area contributed by atoms with Gasteiger partial charge in [0.1, 0.15) is 0 Å². The lowest BCUT2D eigenvalue weighted by atomic mass is 9.92. The van der Waals surface area contributed by atoms with Gasteiger partial charge in [0, 0.05) is 24.5 Å². The van der Waals surface area contributed by atoms with E-state index in [0.717, 1.165) is 54.4 Å². The molecule has 1 N–H and O–H groups in total. The van der Waals surface area contributed by atoms with Gasteiger partial charge in [-0.1, -0.05) is 12.5 Å². The van der Waals surface area contributed by atoms with Crippen molar-refractivity contribution in [3.63, 3.8) is 0 Å². The lowest BCUT2D eigenvalue weighted by Crippen LogP contribution is -2.41. The Balaban J connectivity index is 1.23. The Labute approximate surface area is 162 Å². The highest BCUT2D eigenvalue weighted by molar-refractivity contribution is 5.83. The van der Waals surface area contributed by atoms with Crippen LogP contribution in [0.3, 0.4) is 0 Å². The maximum atomic E-state index is 12.7. The first-order chi connectivity index (χ1) is 13.2. The molecule has 2 saturated heterocycles. The number of hydrogen-bond acceptors (Lipinski definition) is 3. The van der Waals surface area contributed by atoms with Gasteiger partial charge < -0.3 is 9.80 Å². The second kappa shape index (κ2) is 8.42. The summed E-state index contributed by atoms with van der Waals surface area (Å²) in [7, 11) is 0. The van der Waals surface area contributed by atoms with Gasteiger partial charge in [0.15, 0.2) is 0 Å². The molecular weight excluding hydrogens is 336 g/mol. The average Bonchev–Trinajstić information content (AvgIpc) is 3.15. The Kier molecular flexibility index (Phi) is 5.77. The first-order valence-electron chi connectivity index (χ1n) is 10.6. The quantitative estimate of drug-likeness (QED) is 0.877. The Morgan fingerprint density at radius 2 is 2.04 bits per heavy atom. The van der Waals surface area contributed by atoms with Crippen LogP contribution in [-0.4, -0.2) is 58.1 Å². The third kappa shape index (κ3) is 4.52. The first-order valence-corrected chi connectivity index (χ1v) is 10.6. The van der Waals surface area contributed by atoms with Gasteiger partial charge in [-0.15, -0.1) is 0 Å². The summed E-state index contributed by atoms with van der Waals surface area (Å²) < 4.78 is 0. The molecule has 3 heterocycles. The highest BCUT2D eigenvalue weighted by atomic mass is 16.2. The number of piperidine rings is 2. The minimum Gasteiger partial charge on any atom is -0.342 e. The molecule has 4 rings (SSSR count). The van der Waals surface area contributed by atoms with Crippen LogP contribution in [0.5, 0.6) is 0 Å². The third-order valence-electron chi connectivity index (χ3n) is 6.59. The molecule has 0 saturated carbocycles. The van der Waals surface area contributed by atoms with E-state index in [1.807, 2.05) is 18.3 Å². The topological polar surface area (TPSA) is 52.2 Å². The summed E-state index contributed by atoms with van der Waals surface area (Å²) in [5, 5.41) is 8.08. The third-order valence-corrected chi connectivity index (χ3v) is 6.59. The van der Waals surface area contributed by atoms with Gasteiger partial charge in [0.25, 0.3) is 0 Å². The molecule has 2 aliphatic rings. The van der Waals surface area contributed by atoms with Gasteiger partial charge in [-0.2, -0.15) is 5.10 Å². The summed E-state index contributed by atoms with van der Waals surface area (Å²) in [5.41, 5.74) is 2.10. The predicted octanol–water partition coefficient (Wildman–Crippen LogP) is 3.61. The van der Waals surface area contributed by atoms with Crippen LogP contribution >= 0.6 is 0 Å². The van der Waals surface area contributed by atoms with Crippen LogP contribution in [0.2, 0.25) is 0 Å². The first kappa shape index (κ1) is 18.5. The predicted molar refractivity (Wildman–Crippen MR) is 109 cm³/mol. The van der Waals surface area contributed by atoms with Gasteiger partial charge in [-0.25, -0.2) is 0 Å². The minimum atomic E-state index is 0.265. The number of nitrogens with one attached hydrogen (secondary N) is 1. The van der Waals surface area contributed by atoms with Gasteiger partial charge in [0.05, 0.1) is 18.1 Å². The van der Waals surface area contributed by atoms with E-state index < -0.39 is 0 Å². The molecule has 2 aromatic rings. The minimum absolute atomic E-state index is 0.265. The normalized spacial score (nSPS) is 22.4. The highest BCUT2D eigenvalue weighted by Gasteiger charge is 2.24. The molecule has 1 aromatic heterocycles. The van der Waals surface area contributed by atoms with Crippen molar-refractivity contribution in [1.82, 2.24) is 20.0 Å². The molecule has 27 heavy (non-hydrogen) atoms. The van der Waals surface area contributed by atoms with E-state index in [0.29, 0.717) is 6.42 Å². The van der Waals surface area contributed by atoms with Crippen molar-refractivity contribution >= 4 is 16.8 Å². The van der Waals surface area contributed by atoms with Gasteiger partial charge >= 0.3 is 0 Å². The monoisotopic (exact) mass is 368 g/mol. The fourth-order valence-corrected chi connectivity index (χ4v) is 4.70. The maximum absolute atomic E-state index is 12.7. The van der Waals surface area contributed by atoms with Crippen molar-refractivity contribution in [2.75, 3.05) is 26.2 Å². The number of aromatic nitrogens is 2. The number of hydrogen-bond donors (Lipinski definition) is 1. The molecule has 0 aliphatic carbocycles. The fraction of sp³-hybridized carbons (Fsp3) is 0.636. The number of benzene rings is 1. The van der Waals surface area contributed by atoms with E-state index in [1.54, 1.807) is 0 Å². The Hall–Kier alpha value is -1.88. The largest absolute Gasteiger partial charge is 0.342 e. The molecule has 0 radical (unpaired) electrons. The molecule has 1 aromatic carbocycles. The Bertz CT molecular complexity index is 763.